The van der Waals surface area contributed by atoms with E-state index in [9.17, 15) is 13.8 Å². The first kappa shape index (κ1) is 17.8. The molecule has 0 spiro atoms. The van der Waals surface area contributed by atoms with E-state index in [0.717, 1.165) is 5.39 Å². The van der Waals surface area contributed by atoms with Crippen LogP contribution in [0, 0.1) is 0 Å². The molecule has 0 heterocycles. The lowest BCUT2D eigenvalue weighted by Gasteiger charge is -2.13. The Hall–Kier alpha value is -2.99. The smallest absolute Gasteiger partial charge is 0.252 e. The molecular formula is C20H18N2O3S. The highest BCUT2D eigenvalue weighted by Crippen LogP contribution is 2.29. The molecule has 0 bridgehead atoms. The highest BCUT2D eigenvalue weighted by Gasteiger charge is 2.20. The lowest BCUT2D eigenvalue weighted by molar-refractivity contribution is 0.0954. The van der Waals surface area contributed by atoms with Crippen LogP contribution in [0.1, 0.15) is 20.7 Å². The number of fused-ring (bicyclic) bond motifs is 1. The van der Waals surface area contributed by atoms with Gasteiger partial charge in [-0.05, 0) is 29.7 Å². The summed E-state index contributed by atoms with van der Waals surface area (Å²) in [4.78, 5) is 25.3. The second-order valence-corrected chi connectivity index (χ2v) is 7.00. The number of hydrogen-bond acceptors (Lipinski definition) is 3. The first-order chi connectivity index (χ1) is 12.6. The predicted octanol–water partition coefficient (Wildman–Crippen LogP) is 2.73. The summed E-state index contributed by atoms with van der Waals surface area (Å²) in [5.74, 6) is -0.555. The van der Waals surface area contributed by atoms with Crippen molar-refractivity contribution in [2.75, 3.05) is 14.1 Å². The van der Waals surface area contributed by atoms with Gasteiger partial charge in [0.1, 0.15) is 0 Å². The van der Waals surface area contributed by atoms with Crippen LogP contribution in [0.4, 0.5) is 0 Å². The fourth-order valence-corrected chi connectivity index (χ4v) is 4.27. The lowest BCUT2D eigenvalue weighted by atomic mass is 10.0. The molecule has 3 aromatic rings. The third kappa shape index (κ3) is 3.11. The van der Waals surface area contributed by atoms with Gasteiger partial charge in [-0.25, -0.2) is 4.21 Å². The van der Waals surface area contributed by atoms with Crippen LogP contribution in [0.2, 0.25) is 0 Å². The number of carbonyl (C=O) groups excluding carboxylic acids is 2. The molecule has 3 rings (SSSR count). The van der Waals surface area contributed by atoms with E-state index in [1.165, 1.54) is 7.05 Å². The third-order valence-corrected chi connectivity index (χ3v) is 5.59. The summed E-state index contributed by atoms with van der Waals surface area (Å²) in [6.07, 6.45) is 0. The van der Waals surface area contributed by atoms with Gasteiger partial charge < -0.3 is 10.6 Å². The Bertz CT molecular complexity index is 1030. The zero-order valence-corrected chi connectivity index (χ0v) is 15.2. The summed E-state index contributed by atoms with van der Waals surface area (Å²) in [6.45, 7) is 0. The van der Waals surface area contributed by atoms with Crippen molar-refractivity contribution < 1.29 is 13.8 Å². The fourth-order valence-electron chi connectivity index (χ4n) is 2.85. The highest BCUT2D eigenvalue weighted by atomic mass is 32.2. The Kier molecular flexibility index (Phi) is 5.14. The molecule has 0 aliphatic rings. The van der Waals surface area contributed by atoms with Crippen LogP contribution in [-0.2, 0) is 10.8 Å². The van der Waals surface area contributed by atoms with Crippen LogP contribution in [-0.4, -0.2) is 30.1 Å². The Morgan fingerprint density at radius 2 is 1.27 bits per heavy atom. The molecule has 3 aromatic carbocycles. The fraction of sp³-hybridized carbons (Fsp3) is 0.100. The molecule has 0 fully saturated rings. The maximum absolute atomic E-state index is 13.4. The third-order valence-electron chi connectivity index (χ3n) is 4.10. The van der Waals surface area contributed by atoms with Gasteiger partial charge in [-0.3, -0.25) is 9.59 Å². The number of hydrogen-bond donors (Lipinski definition) is 2. The number of rotatable bonds is 4. The predicted molar refractivity (Wildman–Crippen MR) is 102 cm³/mol. The summed E-state index contributed by atoms with van der Waals surface area (Å²) < 4.78 is 13.4. The maximum Gasteiger partial charge on any atom is 0.252 e. The van der Waals surface area contributed by atoms with Crippen molar-refractivity contribution in [2.45, 2.75) is 9.79 Å². The monoisotopic (exact) mass is 366 g/mol. The molecule has 0 aromatic heterocycles. The van der Waals surface area contributed by atoms with Crippen LogP contribution in [0.25, 0.3) is 10.8 Å². The second-order valence-electron chi connectivity index (χ2n) is 5.58. The van der Waals surface area contributed by atoms with Crippen molar-refractivity contribution in [1.29, 1.82) is 0 Å². The lowest BCUT2D eigenvalue weighted by Crippen LogP contribution is -2.20. The van der Waals surface area contributed by atoms with E-state index in [0.29, 0.717) is 26.3 Å². The van der Waals surface area contributed by atoms with Gasteiger partial charge in [0, 0.05) is 25.0 Å². The van der Waals surface area contributed by atoms with E-state index in [1.54, 1.807) is 55.6 Å². The van der Waals surface area contributed by atoms with Crippen molar-refractivity contribution in [1.82, 2.24) is 10.6 Å². The topological polar surface area (TPSA) is 75.3 Å². The summed E-state index contributed by atoms with van der Waals surface area (Å²) >= 11 is 0. The molecule has 5 nitrogen and oxygen atoms in total. The second kappa shape index (κ2) is 7.49. The quantitative estimate of drug-likeness (QED) is 0.745. The molecule has 132 valence electrons. The molecule has 26 heavy (non-hydrogen) atoms. The zero-order chi connectivity index (χ0) is 18.7. The summed E-state index contributed by atoms with van der Waals surface area (Å²) in [7, 11) is 1.46. The molecule has 0 aliphatic carbocycles. The van der Waals surface area contributed by atoms with Gasteiger partial charge in [-0.2, -0.15) is 0 Å². The molecule has 1 unspecified atom stereocenters. The number of benzene rings is 3. The first-order valence-corrected chi connectivity index (χ1v) is 9.20. The van der Waals surface area contributed by atoms with E-state index in [-0.39, 0.29) is 11.8 Å². The maximum atomic E-state index is 13.4. The zero-order valence-electron chi connectivity index (χ0n) is 14.4. The molecule has 0 saturated heterocycles. The normalized spacial score (nSPS) is 11.8. The van der Waals surface area contributed by atoms with Crippen LogP contribution < -0.4 is 10.6 Å². The van der Waals surface area contributed by atoms with E-state index < -0.39 is 10.8 Å². The minimum absolute atomic E-state index is 0.250. The van der Waals surface area contributed by atoms with Crippen molar-refractivity contribution in [3.05, 3.63) is 71.8 Å². The van der Waals surface area contributed by atoms with Crippen LogP contribution >= 0.6 is 0 Å². The molecule has 0 saturated carbocycles. The average Bonchev–Trinajstić information content (AvgIpc) is 2.71. The van der Waals surface area contributed by atoms with Crippen LogP contribution in [0.3, 0.4) is 0 Å². The Morgan fingerprint density at radius 1 is 0.731 bits per heavy atom. The van der Waals surface area contributed by atoms with Crippen molar-refractivity contribution in [3.8, 4) is 0 Å². The summed E-state index contributed by atoms with van der Waals surface area (Å²) in [5.41, 5.74) is 0.800. The number of carbonyl (C=O) groups is 2. The van der Waals surface area contributed by atoms with E-state index in [2.05, 4.69) is 10.6 Å². The van der Waals surface area contributed by atoms with Gasteiger partial charge in [0.2, 0.25) is 0 Å². The SMILES string of the molecule is CNC(=O)c1ccccc1S(=O)c1cccc2cccc(C(=O)NC)c12. The largest absolute Gasteiger partial charge is 0.355 e. The Morgan fingerprint density at radius 3 is 1.96 bits per heavy atom. The molecule has 0 aliphatic heterocycles. The summed E-state index contributed by atoms with van der Waals surface area (Å²) in [6, 6.07) is 17.5. The van der Waals surface area contributed by atoms with E-state index >= 15 is 0 Å². The van der Waals surface area contributed by atoms with Gasteiger partial charge in [0.15, 0.2) is 0 Å². The molecule has 1 atom stereocenters. The first-order valence-electron chi connectivity index (χ1n) is 8.05. The van der Waals surface area contributed by atoms with Gasteiger partial charge >= 0.3 is 0 Å². The molecule has 2 N–H and O–H groups in total. The molecular weight excluding hydrogens is 348 g/mol. The van der Waals surface area contributed by atoms with Crippen LogP contribution in [0.15, 0.2) is 70.5 Å². The van der Waals surface area contributed by atoms with Gasteiger partial charge in [-0.15, -0.1) is 0 Å². The Labute approximate surface area is 153 Å². The number of nitrogens with one attached hydrogen (secondary N) is 2. The Balaban J connectivity index is 2.26. The minimum atomic E-state index is -1.62. The number of amides is 2. The standard InChI is InChI=1S/C20H18N2O3S/c1-21-19(23)14-9-3-4-11-16(14)26(25)17-12-6-8-13-7-5-10-15(18(13)17)20(24)22-2/h3-12H,1-2H3,(H,21,23)(H,22,24). The van der Waals surface area contributed by atoms with Gasteiger partial charge in [0.25, 0.3) is 11.8 Å². The van der Waals surface area contributed by atoms with E-state index in [1.807, 2.05) is 12.1 Å². The van der Waals surface area contributed by atoms with Crippen molar-refractivity contribution in [2.24, 2.45) is 0 Å². The highest BCUT2D eigenvalue weighted by molar-refractivity contribution is 7.85. The van der Waals surface area contributed by atoms with Gasteiger partial charge in [-0.1, -0.05) is 36.4 Å². The molecule has 2 amide bonds. The molecule has 6 heteroatoms. The summed E-state index contributed by atoms with van der Waals surface area (Å²) in [5, 5.41) is 6.62. The molecule has 0 radical (unpaired) electrons. The van der Waals surface area contributed by atoms with Crippen LogP contribution in [0.5, 0.6) is 0 Å². The average molecular weight is 366 g/mol. The van der Waals surface area contributed by atoms with Crippen molar-refractivity contribution >= 4 is 33.4 Å². The van der Waals surface area contributed by atoms with Crippen molar-refractivity contribution in [3.63, 3.8) is 0 Å². The van der Waals surface area contributed by atoms with Gasteiger partial charge in [0.05, 0.1) is 26.2 Å². The van der Waals surface area contributed by atoms with E-state index in [4.69, 9.17) is 0 Å². The minimum Gasteiger partial charge on any atom is -0.355 e.